The number of hydrogen-bond acceptors (Lipinski definition) is 4. The molecule has 8 heteroatoms. The van der Waals surface area contributed by atoms with Gasteiger partial charge in [0, 0.05) is 12.2 Å². The molecule has 0 spiro atoms. The lowest BCUT2D eigenvalue weighted by atomic mass is 10.5. The van der Waals surface area contributed by atoms with Gasteiger partial charge in [0.2, 0.25) is 0 Å². The highest BCUT2D eigenvalue weighted by Gasteiger charge is 2.14. The Morgan fingerprint density at radius 3 is 2.23 bits per heavy atom. The third kappa shape index (κ3) is 8.74. The minimum atomic E-state index is -4.39. The van der Waals surface area contributed by atoms with E-state index in [1.807, 2.05) is 0 Å². The quantitative estimate of drug-likeness (QED) is 0.318. The summed E-state index contributed by atoms with van der Waals surface area (Å²) in [6, 6.07) is 0. The smallest absolute Gasteiger partial charge is 0.362 e. The van der Waals surface area contributed by atoms with Gasteiger partial charge in [-0.1, -0.05) is 0 Å². The number of aliphatic carboxylic acids is 1. The van der Waals surface area contributed by atoms with Crippen LogP contribution in [-0.4, -0.2) is 33.2 Å². The number of rotatable bonds is 4. The first-order chi connectivity index (χ1) is 5.81. The monoisotopic (exact) mass is 210 g/mol. The lowest BCUT2D eigenvalue weighted by Gasteiger charge is -2.02. The number of esters is 1. The van der Waals surface area contributed by atoms with Gasteiger partial charge in [-0.15, -0.1) is 0 Å². The first-order valence-electron chi connectivity index (χ1n) is 2.93. The second kappa shape index (κ2) is 4.76. The molecule has 0 rings (SSSR count). The van der Waals surface area contributed by atoms with E-state index in [4.69, 9.17) is 14.9 Å². The van der Waals surface area contributed by atoms with Gasteiger partial charge in [-0.05, 0) is 0 Å². The Kier molecular flexibility index (Phi) is 4.33. The molecule has 13 heavy (non-hydrogen) atoms. The van der Waals surface area contributed by atoms with Crippen LogP contribution in [0.25, 0.3) is 0 Å². The van der Waals surface area contributed by atoms with Crippen LogP contribution in [0.4, 0.5) is 0 Å². The molecule has 0 amide bonds. The van der Waals surface area contributed by atoms with E-state index in [9.17, 15) is 14.2 Å². The molecule has 0 bridgehead atoms. The summed E-state index contributed by atoms with van der Waals surface area (Å²) in [6.07, 6.45) is -0.00417. The second-order valence-corrected chi connectivity index (χ2v) is 3.52. The van der Waals surface area contributed by atoms with E-state index in [2.05, 4.69) is 4.74 Å². The van der Waals surface area contributed by atoms with Crippen molar-refractivity contribution in [3.63, 3.8) is 0 Å². The topological polar surface area (TPSA) is 121 Å². The van der Waals surface area contributed by atoms with Crippen molar-refractivity contribution < 1.29 is 33.8 Å². The minimum Gasteiger partial charge on any atom is -0.478 e. The van der Waals surface area contributed by atoms with Crippen molar-refractivity contribution in [3.8, 4) is 0 Å². The average molecular weight is 210 g/mol. The Balaban J connectivity index is 3.90. The van der Waals surface area contributed by atoms with Crippen LogP contribution in [-0.2, 0) is 18.9 Å². The van der Waals surface area contributed by atoms with E-state index < -0.39 is 25.9 Å². The Morgan fingerprint density at radius 1 is 1.31 bits per heavy atom. The normalized spacial score (nSPS) is 11.5. The van der Waals surface area contributed by atoms with Crippen LogP contribution in [0.15, 0.2) is 12.2 Å². The summed E-state index contributed by atoms with van der Waals surface area (Å²) in [5, 5.41) is 8.04. The van der Waals surface area contributed by atoms with Crippen LogP contribution >= 0.6 is 7.60 Å². The molecule has 0 heterocycles. The summed E-state index contributed by atoms with van der Waals surface area (Å²) < 4.78 is 14.2. The molecule has 0 aliphatic carbocycles. The second-order valence-electron chi connectivity index (χ2n) is 1.93. The molecule has 0 aromatic heterocycles. The van der Waals surface area contributed by atoms with Gasteiger partial charge < -0.3 is 19.6 Å². The van der Waals surface area contributed by atoms with Gasteiger partial charge in [0.1, 0.15) is 0 Å². The third-order valence-electron chi connectivity index (χ3n) is 0.737. The molecule has 0 aromatic rings. The molecule has 0 aromatic carbocycles. The zero-order valence-corrected chi connectivity index (χ0v) is 7.18. The number of carbonyl (C=O) groups is 2. The number of hydrogen-bond donors (Lipinski definition) is 3. The Bertz CT molecular complexity index is 275. The molecule has 0 atom stereocenters. The number of carboxylic acids is 1. The van der Waals surface area contributed by atoms with Crippen molar-refractivity contribution in [2.75, 3.05) is 6.35 Å². The predicted octanol–water partition coefficient (Wildman–Crippen LogP) is -0.694. The number of ether oxygens (including phenoxy) is 1. The SMILES string of the molecule is O=C(O)/C=C\C(=O)OCP(=O)(O)O. The van der Waals surface area contributed by atoms with Crippen molar-refractivity contribution in [3.05, 3.63) is 12.2 Å². The van der Waals surface area contributed by atoms with Crippen molar-refractivity contribution in [2.45, 2.75) is 0 Å². The zero-order valence-electron chi connectivity index (χ0n) is 6.28. The molecule has 7 nitrogen and oxygen atoms in total. The fourth-order valence-electron chi connectivity index (χ4n) is 0.335. The van der Waals surface area contributed by atoms with Crippen molar-refractivity contribution in [1.29, 1.82) is 0 Å². The maximum absolute atomic E-state index is 10.5. The molecule has 0 aliphatic rings. The molecule has 3 N–H and O–H groups in total. The first-order valence-corrected chi connectivity index (χ1v) is 4.73. The van der Waals surface area contributed by atoms with Gasteiger partial charge >= 0.3 is 19.5 Å². The van der Waals surface area contributed by atoms with E-state index in [0.29, 0.717) is 12.2 Å². The lowest BCUT2D eigenvalue weighted by Crippen LogP contribution is -2.03. The van der Waals surface area contributed by atoms with E-state index >= 15 is 0 Å². The molecular formula is C5H7O7P. The largest absolute Gasteiger partial charge is 0.478 e. The van der Waals surface area contributed by atoms with Gasteiger partial charge in [0.15, 0.2) is 6.35 Å². The van der Waals surface area contributed by atoms with Crippen molar-refractivity contribution >= 4 is 19.5 Å². The van der Waals surface area contributed by atoms with Crippen molar-refractivity contribution in [1.82, 2.24) is 0 Å². The van der Waals surface area contributed by atoms with Crippen LogP contribution in [0, 0.1) is 0 Å². The first kappa shape index (κ1) is 11.8. The van der Waals surface area contributed by atoms with Crippen LogP contribution in [0.5, 0.6) is 0 Å². The number of carboxylic acid groups (broad SMARTS) is 1. The maximum atomic E-state index is 10.5. The zero-order chi connectivity index (χ0) is 10.5. The molecule has 0 saturated heterocycles. The number of carbonyl (C=O) groups excluding carboxylic acids is 1. The fraction of sp³-hybridized carbons (Fsp3) is 0.200. The molecule has 0 unspecified atom stereocenters. The van der Waals surface area contributed by atoms with Crippen LogP contribution in [0.3, 0.4) is 0 Å². The van der Waals surface area contributed by atoms with E-state index in [-0.39, 0.29) is 0 Å². The van der Waals surface area contributed by atoms with Gasteiger partial charge in [0.25, 0.3) is 0 Å². The summed E-state index contributed by atoms with van der Waals surface area (Å²) in [5.74, 6) is -2.47. The molecule has 0 radical (unpaired) electrons. The Morgan fingerprint density at radius 2 is 1.85 bits per heavy atom. The molecular weight excluding hydrogens is 203 g/mol. The Labute approximate surface area is 72.8 Å². The van der Waals surface area contributed by atoms with Gasteiger partial charge in [0.05, 0.1) is 0 Å². The van der Waals surface area contributed by atoms with Crippen LogP contribution < -0.4 is 0 Å². The predicted molar refractivity (Wildman–Crippen MR) is 39.8 cm³/mol. The Hall–Kier alpha value is -1.17. The average Bonchev–Trinajstić information content (AvgIpc) is 1.95. The third-order valence-corrected chi connectivity index (χ3v) is 1.20. The highest BCUT2D eigenvalue weighted by molar-refractivity contribution is 7.51. The minimum absolute atomic E-state index is 0.502. The molecule has 0 fully saturated rings. The van der Waals surface area contributed by atoms with E-state index in [0.717, 1.165) is 0 Å². The van der Waals surface area contributed by atoms with Gasteiger partial charge in [-0.2, -0.15) is 0 Å². The molecule has 0 saturated carbocycles. The highest BCUT2D eigenvalue weighted by atomic mass is 31.2. The van der Waals surface area contributed by atoms with Crippen molar-refractivity contribution in [2.24, 2.45) is 0 Å². The van der Waals surface area contributed by atoms with E-state index in [1.54, 1.807) is 0 Å². The van der Waals surface area contributed by atoms with Gasteiger partial charge in [-0.3, -0.25) is 4.57 Å². The lowest BCUT2D eigenvalue weighted by molar-refractivity contribution is -0.137. The summed E-state index contributed by atoms with van der Waals surface area (Å²) in [6.45, 7) is 0. The van der Waals surface area contributed by atoms with E-state index in [1.165, 1.54) is 0 Å². The summed E-state index contributed by atoms with van der Waals surface area (Å²) in [4.78, 5) is 36.8. The highest BCUT2D eigenvalue weighted by Crippen LogP contribution is 2.33. The standard InChI is InChI=1S/C5H7O7P/c6-4(7)1-2-5(8)12-3-13(9,10)11/h1-2H,3H2,(H,6,7)(H2,9,10,11)/b2-1-. The molecule has 74 valence electrons. The summed E-state index contributed by atoms with van der Waals surface area (Å²) in [5.41, 5.74) is 0. The summed E-state index contributed by atoms with van der Waals surface area (Å²) in [7, 11) is -4.39. The van der Waals surface area contributed by atoms with Crippen LogP contribution in [0.1, 0.15) is 0 Å². The van der Waals surface area contributed by atoms with Crippen LogP contribution in [0.2, 0.25) is 0 Å². The van der Waals surface area contributed by atoms with Gasteiger partial charge in [-0.25, -0.2) is 9.59 Å². The summed E-state index contributed by atoms with van der Waals surface area (Å²) >= 11 is 0. The molecule has 0 aliphatic heterocycles. The maximum Gasteiger partial charge on any atom is 0.362 e. The fourth-order valence-corrected chi connectivity index (χ4v) is 0.631.